The van der Waals surface area contributed by atoms with Crippen LogP contribution in [0.5, 0.6) is 5.75 Å². The van der Waals surface area contributed by atoms with Crippen molar-refractivity contribution in [2.75, 3.05) is 4.72 Å². The molecule has 1 aromatic carbocycles. The molecule has 0 aliphatic carbocycles. The second-order valence-corrected chi connectivity index (χ2v) is 5.25. The van der Waals surface area contributed by atoms with Crippen LogP contribution in [0.3, 0.4) is 0 Å². The molecule has 2 aromatic rings. The summed E-state index contributed by atoms with van der Waals surface area (Å²) in [6.45, 7) is 0. The Kier molecular flexibility index (Phi) is 2.95. The Morgan fingerprint density at radius 1 is 1.35 bits per heavy atom. The summed E-state index contributed by atoms with van der Waals surface area (Å²) in [5.74, 6) is -0.198. The lowest BCUT2D eigenvalue weighted by Crippen LogP contribution is -2.13. The van der Waals surface area contributed by atoms with Gasteiger partial charge in [-0.25, -0.2) is 0 Å². The smallest absolute Gasteiger partial charge is 0.278 e. The molecule has 0 radical (unpaired) electrons. The van der Waals surface area contributed by atoms with Gasteiger partial charge in [-0.3, -0.25) is 9.82 Å². The molecule has 0 aliphatic rings. The summed E-state index contributed by atoms with van der Waals surface area (Å²) in [5, 5.41) is 15.3. The molecular formula is C9H8ClN3O3S. The van der Waals surface area contributed by atoms with Crippen LogP contribution in [0.4, 0.5) is 5.69 Å². The number of aromatic hydroxyl groups is 1. The van der Waals surface area contributed by atoms with Crippen LogP contribution < -0.4 is 4.72 Å². The molecule has 3 N–H and O–H groups in total. The van der Waals surface area contributed by atoms with Gasteiger partial charge in [-0.1, -0.05) is 11.6 Å². The van der Waals surface area contributed by atoms with E-state index in [4.69, 9.17) is 11.6 Å². The van der Waals surface area contributed by atoms with Crippen LogP contribution in [0.25, 0.3) is 0 Å². The van der Waals surface area contributed by atoms with Crippen LogP contribution in [0.1, 0.15) is 0 Å². The number of halogens is 1. The number of hydrogen-bond acceptors (Lipinski definition) is 4. The number of nitrogens with one attached hydrogen (secondary N) is 2. The standard InChI is InChI=1S/C9H8ClN3O3S/c10-7-2-1-6(5-8(7)14)13-17(15,16)9-3-4-11-12-9/h1-5,13-14H,(H,11,12). The maximum atomic E-state index is 11.8. The molecule has 0 unspecified atom stereocenters. The average molecular weight is 274 g/mol. The molecule has 2 rings (SSSR count). The largest absolute Gasteiger partial charge is 0.506 e. The molecule has 1 heterocycles. The van der Waals surface area contributed by atoms with E-state index >= 15 is 0 Å². The van der Waals surface area contributed by atoms with Gasteiger partial charge in [-0.15, -0.1) is 0 Å². The van der Waals surface area contributed by atoms with Gasteiger partial charge in [0.25, 0.3) is 10.0 Å². The maximum Gasteiger partial charge on any atom is 0.278 e. The Morgan fingerprint density at radius 2 is 2.12 bits per heavy atom. The van der Waals surface area contributed by atoms with Gasteiger partial charge in [0.1, 0.15) is 5.75 Å². The minimum atomic E-state index is -3.72. The lowest BCUT2D eigenvalue weighted by Gasteiger charge is -2.06. The molecule has 0 aliphatic heterocycles. The van der Waals surface area contributed by atoms with Gasteiger partial charge in [0.15, 0.2) is 5.03 Å². The molecule has 6 nitrogen and oxygen atoms in total. The van der Waals surface area contributed by atoms with E-state index < -0.39 is 10.0 Å². The predicted octanol–water partition coefficient (Wildman–Crippen LogP) is 1.57. The first-order valence-corrected chi connectivity index (χ1v) is 6.36. The van der Waals surface area contributed by atoms with Crippen LogP contribution in [0, 0.1) is 0 Å². The number of aromatic nitrogens is 2. The van der Waals surface area contributed by atoms with Crippen molar-refractivity contribution in [2.24, 2.45) is 0 Å². The van der Waals surface area contributed by atoms with Crippen molar-refractivity contribution in [2.45, 2.75) is 5.03 Å². The molecule has 8 heteroatoms. The third kappa shape index (κ3) is 2.51. The van der Waals surface area contributed by atoms with Crippen LogP contribution in [-0.2, 0) is 10.0 Å². The molecule has 0 amide bonds. The number of rotatable bonds is 3. The molecule has 0 bridgehead atoms. The molecule has 90 valence electrons. The highest BCUT2D eigenvalue weighted by molar-refractivity contribution is 7.92. The highest BCUT2D eigenvalue weighted by Gasteiger charge is 2.15. The quantitative estimate of drug-likeness (QED) is 0.791. The maximum absolute atomic E-state index is 11.8. The van der Waals surface area contributed by atoms with E-state index in [2.05, 4.69) is 14.9 Å². The lowest BCUT2D eigenvalue weighted by atomic mass is 10.3. The SMILES string of the molecule is O=S(=O)(Nc1ccc(Cl)c(O)c1)c1ccn[nH]1. The van der Waals surface area contributed by atoms with E-state index in [9.17, 15) is 13.5 Å². The molecule has 0 fully saturated rings. The summed E-state index contributed by atoms with van der Waals surface area (Å²) in [4.78, 5) is 0. The van der Waals surface area contributed by atoms with Gasteiger partial charge >= 0.3 is 0 Å². The number of H-pyrrole nitrogens is 1. The van der Waals surface area contributed by atoms with E-state index in [1.807, 2.05) is 0 Å². The second kappa shape index (κ2) is 4.27. The first kappa shape index (κ1) is 11.7. The van der Waals surface area contributed by atoms with Gasteiger partial charge in [0.05, 0.1) is 16.9 Å². The van der Waals surface area contributed by atoms with Gasteiger partial charge in [-0.2, -0.15) is 13.5 Å². The Balaban J connectivity index is 2.30. The summed E-state index contributed by atoms with van der Waals surface area (Å²) >= 11 is 5.61. The molecule has 17 heavy (non-hydrogen) atoms. The molecule has 1 aromatic heterocycles. The fourth-order valence-electron chi connectivity index (χ4n) is 1.18. The molecular weight excluding hydrogens is 266 g/mol. The van der Waals surface area contributed by atoms with Crippen LogP contribution >= 0.6 is 11.6 Å². The summed E-state index contributed by atoms with van der Waals surface area (Å²) in [6, 6.07) is 5.37. The molecule has 0 saturated carbocycles. The topological polar surface area (TPSA) is 95.1 Å². The minimum absolute atomic E-state index is 0.0630. The highest BCUT2D eigenvalue weighted by Crippen LogP contribution is 2.27. The van der Waals surface area contributed by atoms with Gasteiger partial charge in [0.2, 0.25) is 0 Å². The Hall–Kier alpha value is -1.73. The second-order valence-electron chi connectivity index (χ2n) is 3.19. The number of phenols is 1. The van der Waals surface area contributed by atoms with E-state index in [0.717, 1.165) is 0 Å². The van der Waals surface area contributed by atoms with Crippen LogP contribution in [0.15, 0.2) is 35.5 Å². The summed E-state index contributed by atoms with van der Waals surface area (Å²) in [6.07, 6.45) is 1.33. The number of hydrogen-bond donors (Lipinski definition) is 3. The Bertz CT molecular complexity index is 625. The highest BCUT2D eigenvalue weighted by atomic mass is 35.5. The first-order chi connectivity index (χ1) is 7.99. The average Bonchev–Trinajstić information content (AvgIpc) is 2.77. The van der Waals surface area contributed by atoms with Gasteiger partial charge in [0, 0.05) is 6.07 Å². The van der Waals surface area contributed by atoms with E-state index in [1.54, 1.807) is 0 Å². The summed E-state index contributed by atoms with van der Waals surface area (Å²) in [5.41, 5.74) is 0.210. The normalized spacial score (nSPS) is 11.4. The molecule has 0 atom stereocenters. The van der Waals surface area contributed by atoms with E-state index in [0.29, 0.717) is 0 Å². The number of aromatic amines is 1. The van der Waals surface area contributed by atoms with Crippen molar-refractivity contribution in [3.05, 3.63) is 35.5 Å². The third-order valence-corrected chi connectivity index (χ3v) is 3.59. The first-order valence-electron chi connectivity index (χ1n) is 4.50. The van der Waals surface area contributed by atoms with Crippen molar-refractivity contribution < 1.29 is 13.5 Å². The van der Waals surface area contributed by atoms with Gasteiger partial charge in [-0.05, 0) is 18.2 Å². The van der Waals surface area contributed by atoms with Crippen molar-refractivity contribution in [1.29, 1.82) is 0 Å². The third-order valence-electron chi connectivity index (χ3n) is 1.96. The Labute approximate surface area is 102 Å². The van der Waals surface area contributed by atoms with Crippen LogP contribution in [0.2, 0.25) is 5.02 Å². The number of nitrogens with zero attached hydrogens (tertiary/aromatic N) is 1. The number of phenolic OH excluding ortho intramolecular Hbond substituents is 1. The predicted molar refractivity (Wildman–Crippen MR) is 62.5 cm³/mol. The Morgan fingerprint density at radius 3 is 2.71 bits per heavy atom. The lowest BCUT2D eigenvalue weighted by molar-refractivity contribution is 0.476. The number of sulfonamides is 1. The van der Waals surface area contributed by atoms with E-state index in [1.165, 1.54) is 30.5 Å². The fourth-order valence-corrected chi connectivity index (χ4v) is 2.26. The fraction of sp³-hybridized carbons (Fsp3) is 0. The monoisotopic (exact) mass is 273 g/mol. The molecule has 0 spiro atoms. The van der Waals surface area contributed by atoms with Crippen molar-refractivity contribution in [3.63, 3.8) is 0 Å². The zero-order valence-corrected chi connectivity index (χ0v) is 9.96. The van der Waals surface area contributed by atoms with E-state index in [-0.39, 0.29) is 21.5 Å². The summed E-state index contributed by atoms with van der Waals surface area (Å²) in [7, 11) is -3.72. The zero-order valence-electron chi connectivity index (χ0n) is 8.38. The van der Waals surface area contributed by atoms with Crippen molar-refractivity contribution in [1.82, 2.24) is 10.2 Å². The number of anilines is 1. The van der Waals surface area contributed by atoms with Crippen molar-refractivity contribution >= 4 is 27.3 Å². The molecule has 0 saturated heterocycles. The van der Waals surface area contributed by atoms with Crippen molar-refractivity contribution in [3.8, 4) is 5.75 Å². The minimum Gasteiger partial charge on any atom is -0.506 e. The summed E-state index contributed by atoms with van der Waals surface area (Å²) < 4.78 is 25.8. The number of benzene rings is 1. The van der Waals surface area contributed by atoms with Gasteiger partial charge < -0.3 is 5.11 Å². The van der Waals surface area contributed by atoms with Crippen LogP contribution in [-0.4, -0.2) is 23.7 Å². The zero-order chi connectivity index (χ0) is 12.5.